The number of hydrogen-bond acceptors (Lipinski definition) is 3. The summed E-state index contributed by atoms with van der Waals surface area (Å²) >= 11 is 0. The van der Waals surface area contributed by atoms with Gasteiger partial charge in [0.25, 0.3) is 5.91 Å². The van der Waals surface area contributed by atoms with E-state index in [9.17, 15) is 4.79 Å². The van der Waals surface area contributed by atoms with E-state index in [1.54, 1.807) is 0 Å². The number of anilines is 1. The number of nitrogens with one attached hydrogen (secondary N) is 2. The lowest BCUT2D eigenvalue weighted by Crippen LogP contribution is -2.23. The Kier molecular flexibility index (Phi) is 3.41. The average molecular weight is 270 g/mol. The second kappa shape index (κ2) is 5.36. The van der Waals surface area contributed by atoms with E-state index < -0.39 is 0 Å². The number of hydrogen-bond donors (Lipinski definition) is 2. The summed E-state index contributed by atoms with van der Waals surface area (Å²) in [6, 6.07) is 8.11. The van der Waals surface area contributed by atoms with E-state index in [0.717, 1.165) is 31.0 Å². The van der Waals surface area contributed by atoms with E-state index in [-0.39, 0.29) is 5.91 Å². The lowest BCUT2D eigenvalue weighted by atomic mass is 10.1. The zero-order valence-corrected chi connectivity index (χ0v) is 11.5. The van der Waals surface area contributed by atoms with Gasteiger partial charge in [-0.3, -0.25) is 4.79 Å². The first-order chi connectivity index (χ1) is 9.72. The largest absolute Gasteiger partial charge is 0.356 e. The van der Waals surface area contributed by atoms with Crippen molar-refractivity contribution in [1.82, 2.24) is 14.9 Å². The van der Waals surface area contributed by atoms with E-state index in [1.807, 2.05) is 35.9 Å². The van der Waals surface area contributed by atoms with Crippen LogP contribution in [0.25, 0.3) is 0 Å². The summed E-state index contributed by atoms with van der Waals surface area (Å²) in [6.07, 6.45) is 2.88. The topological polar surface area (TPSA) is 59.0 Å². The molecule has 0 atom stereocenters. The van der Waals surface area contributed by atoms with Gasteiger partial charge in [-0.25, -0.2) is 4.98 Å². The lowest BCUT2D eigenvalue weighted by molar-refractivity contribution is 0.0946. The van der Waals surface area contributed by atoms with Crippen LogP contribution in [0.2, 0.25) is 0 Å². The zero-order chi connectivity index (χ0) is 13.9. The van der Waals surface area contributed by atoms with Crippen LogP contribution in [0.5, 0.6) is 0 Å². The first kappa shape index (κ1) is 12.7. The van der Waals surface area contributed by atoms with Gasteiger partial charge >= 0.3 is 0 Å². The molecule has 104 valence electrons. The minimum absolute atomic E-state index is 0.129. The second-order valence-corrected chi connectivity index (χ2v) is 5.10. The van der Waals surface area contributed by atoms with Crippen molar-refractivity contribution in [2.45, 2.75) is 26.4 Å². The first-order valence-electron chi connectivity index (χ1n) is 6.87. The van der Waals surface area contributed by atoms with Crippen molar-refractivity contribution in [3.05, 3.63) is 47.3 Å². The number of carbonyl (C=O) groups is 1. The summed E-state index contributed by atoms with van der Waals surface area (Å²) in [5, 5.41) is 6.10. The summed E-state index contributed by atoms with van der Waals surface area (Å²) in [4.78, 5) is 16.4. The fourth-order valence-corrected chi connectivity index (χ4v) is 2.38. The molecule has 0 spiro atoms. The summed E-state index contributed by atoms with van der Waals surface area (Å²) in [5.74, 6) is 0.659. The van der Waals surface area contributed by atoms with Gasteiger partial charge in [0.05, 0.1) is 0 Å². The fraction of sp³-hybridized carbons (Fsp3) is 0.333. The molecule has 5 heteroatoms. The number of aromatic nitrogens is 2. The number of imidazole rings is 1. The number of benzene rings is 1. The predicted molar refractivity (Wildman–Crippen MR) is 77.7 cm³/mol. The summed E-state index contributed by atoms with van der Waals surface area (Å²) in [6.45, 7) is 4.40. The standard InChI is InChI=1S/C15H18N4O/c1-11-4-2-5-12(8-11)9-17-14(20)13-10-19-7-3-6-16-15(19)18-13/h2,4-5,8,10H,3,6-7,9H2,1H3,(H,16,18)(H,17,20). The molecule has 1 aliphatic rings. The van der Waals surface area contributed by atoms with Gasteiger partial charge in [-0.1, -0.05) is 29.8 Å². The molecule has 2 N–H and O–H groups in total. The number of carbonyl (C=O) groups excluding carboxylic acids is 1. The molecule has 1 amide bonds. The van der Waals surface area contributed by atoms with Crippen LogP contribution in [0.1, 0.15) is 28.0 Å². The highest BCUT2D eigenvalue weighted by Gasteiger charge is 2.16. The van der Waals surface area contributed by atoms with E-state index in [1.165, 1.54) is 5.56 Å². The van der Waals surface area contributed by atoms with Crippen molar-refractivity contribution in [3.63, 3.8) is 0 Å². The van der Waals surface area contributed by atoms with Crippen LogP contribution >= 0.6 is 0 Å². The molecule has 0 saturated carbocycles. The monoisotopic (exact) mass is 270 g/mol. The normalized spacial score (nSPS) is 13.4. The van der Waals surface area contributed by atoms with E-state index in [2.05, 4.69) is 21.7 Å². The van der Waals surface area contributed by atoms with E-state index in [0.29, 0.717) is 12.2 Å². The highest BCUT2D eigenvalue weighted by Crippen LogP contribution is 2.14. The predicted octanol–water partition coefficient (Wildman–Crippen LogP) is 1.94. The maximum Gasteiger partial charge on any atom is 0.271 e. The minimum Gasteiger partial charge on any atom is -0.356 e. The number of amides is 1. The number of rotatable bonds is 3. The van der Waals surface area contributed by atoms with E-state index in [4.69, 9.17) is 0 Å². The third-order valence-electron chi connectivity index (χ3n) is 3.40. The molecule has 0 bridgehead atoms. The molecule has 2 aromatic rings. The highest BCUT2D eigenvalue weighted by atomic mass is 16.1. The molecule has 0 radical (unpaired) electrons. The Labute approximate surface area is 118 Å². The SMILES string of the molecule is Cc1cccc(CNC(=O)c2cn3c(n2)NCCC3)c1. The van der Waals surface area contributed by atoms with Crippen molar-refractivity contribution in [3.8, 4) is 0 Å². The van der Waals surface area contributed by atoms with Crippen molar-refractivity contribution < 1.29 is 4.79 Å². The summed E-state index contributed by atoms with van der Waals surface area (Å²) in [7, 11) is 0. The molecule has 3 rings (SSSR count). The maximum atomic E-state index is 12.1. The summed E-state index contributed by atoms with van der Waals surface area (Å²) < 4.78 is 1.99. The molecule has 1 aromatic carbocycles. The molecule has 1 aromatic heterocycles. The molecule has 5 nitrogen and oxygen atoms in total. The van der Waals surface area contributed by atoms with E-state index >= 15 is 0 Å². The van der Waals surface area contributed by atoms with Crippen molar-refractivity contribution in [1.29, 1.82) is 0 Å². The van der Waals surface area contributed by atoms with Gasteiger partial charge in [-0.2, -0.15) is 0 Å². The van der Waals surface area contributed by atoms with Gasteiger partial charge in [0.1, 0.15) is 5.69 Å². The molecular formula is C15H18N4O. The third-order valence-corrected chi connectivity index (χ3v) is 3.40. The Bertz CT molecular complexity index is 609. The number of aryl methyl sites for hydroxylation is 2. The van der Waals surface area contributed by atoms with Gasteiger partial charge < -0.3 is 15.2 Å². The third kappa shape index (κ3) is 2.66. The van der Waals surface area contributed by atoms with Gasteiger partial charge in [0.15, 0.2) is 0 Å². The first-order valence-corrected chi connectivity index (χ1v) is 6.87. The molecule has 2 heterocycles. The highest BCUT2D eigenvalue weighted by molar-refractivity contribution is 5.92. The fourth-order valence-electron chi connectivity index (χ4n) is 2.38. The quantitative estimate of drug-likeness (QED) is 0.896. The van der Waals surface area contributed by atoms with Crippen LogP contribution in [-0.4, -0.2) is 22.0 Å². The zero-order valence-electron chi connectivity index (χ0n) is 11.5. The Hall–Kier alpha value is -2.30. The Morgan fingerprint density at radius 1 is 1.50 bits per heavy atom. The molecule has 0 saturated heterocycles. The Morgan fingerprint density at radius 3 is 3.20 bits per heavy atom. The molecular weight excluding hydrogens is 252 g/mol. The number of fused-ring (bicyclic) bond motifs is 1. The lowest BCUT2D eigenvalue weighted by Gasteiger charge is -2.14. The molecule has 0 aliphatic carbocycles. The second-order valence-electron chi connectivity index (χ2n) is 5.10. The van der Waals surface area contributed by atoms with Crippen LogP contribution in [-0.2, 0) is 13.1 Å². The van der Waals surface area contributed by atoms with Crippen molar-refractivity contribution in [2.24, 2.45) is 0 Å². The van der Waals surface area contributed by atoms with Crippen LogP contribution in [0.3, 0.4) is 0 Å². The van der Waals surface area contributed by atoms with Gasteiger partial charge in [-0.05, 0) is 18.9 Å². The van der Waals surface area contributed by atoms with Gasteiger partial charge in [0, 0.05) is 25.8 Å². The van der Waals surface area contributed by atoms with Gasteiger partial charge in [0.2, 0.25) is 5.95 Å². The van der Waals surface area contributed by atoms with Crippen LogP contribution < -0.4 is 10.6 Å². The van der Waals surface area contributed by atoms with Crippen LogP contribution in [0, 0.1) is 6.92 Å². The molecule has 1 aliphatic heterocycles. The Morgan fingerprint density at radius 2 is 2.40 bits per heavy atom. The molecule has 20 heavy (non-hydrogen) atoms. The van der Waals surface area contributed by atoms with Crippen molar-refractivity contribution >= 4 is 11.9 Å². The average Bonchev–Trinajstić information content (AvgIpc) is 2.89. The smallest absolute Gasteiger partial charge is 0.271 e. The van der Waals surface area contributed by atoms with Crippen LogP contribution in [0.4, 0.5) is 5.95 Å². The maximum absolute atomic E-state index is 12.1. The van der Waals surface area contributed by atoms with Crippen LogP contribution in [0.15, 0.2) is 30.5 Å². The minimum atomic E-state index is -0.129. The Balaban J connectivity index is 1.66. The summed E-state index contributed by atoms with van der Waals surface area (Å²) in [5.41, 5.74) is 2.76. The molecule has 0 fully saturated rings. The molecule has 0 unspecified atom stereocenters. The van der Waals surface area contributed by atoms with Crippen molar-refractivity contribution in [2.75, 3.05) is 11.9 Å². The van der Waals surface area contributed by atoms with Gasteiger partial charge in [-0.15, -0.1) is 0 Å². The number of nitrogens with zero attached hydrogens (tertiary/aromatic N) is 2.